The van der Waals surface area contributed by atoms with Gasteiger partial charge in [-0.15, -0.1) is 0 Å². The van der Waals surface area contributed by atoms with Crippen LogP contribution in [0.15, 0.2) is 0 Å². The normalized spacial score (nSPS) is 26.4. The van der Waals surface area contributed by atoms with Crippen molar-refractivity contribution in [3.8, 4) is 0 Å². The first kappa shape index (κ1) is 16.9. The zero-order valence-electron chi connectivity index (χ0n) is 13.4. The zero-order valence-corrected chi connectivity index (χ0v) is 13.4. The summed E-state index contributed by atoms with van der Waals surface area (Å²) in [5, 5.41) is 23.0. The fraction of sp³-hybridized carbons (Fsp3) is 1.00. The Morgan fingerprint density at radius 2 is 1.37 bits per heavy atom. The number of aliphatic hydroxyl groups excluding tert-OH is 2. The number of nitrogens with one attached hydrogen (secondary N) is 1. The van der Waals surface area contributed by atoms with Crippen molar-refractivity contribution in [1.29, 1.82) is 0 Å². The predicted octanol–water partition coefficient (Wildman–Crippen LogP) is 1.36. The molecule has 0 aromatic heterocycles. The van der Waals surface area contributed by atoms with E-state index in [0.29, 0.717) is 19.1 Å². The van der Waals surface area contributed by atoms with Crippen LogP contribution in [0.2, 0.25) is 0 Å². The van der Waals surface area contributed by atoms with Gasteiger partial charge in [-0.05, 0) is 54.4 Å². The summed E-state index contributed by atoms with van der Waals surface area (Å²) in [5.41, 5.74) is 0.171. The molecule has 1 aliphatic heterocycles. The van der Waals surface area contributed by atoms with Gasteiger partial charge >= 0.3 is 0 Å². The average molecular weight is 272 g/mol. The lowest BCUT2D eigenvalue weighted by Crippen LogP contribution is -2.63. The van der Waals surface area contributed by atoms with E-state index in [1.165, 1.54) is 0 Å². The molecule has 0 spiro atoms. The second-order valence-electron chi connectivity index (χ2n) is 7.61. The third kappa shape index (κ3) is 5.78. The third-order valence-corrected chi connectivity index (χ3v) is 3.68. The number of aliphatic hydroxyl groups is 2. The van der Waals surface area contributed by atoms with Crippen LogP contribution in [0.5, 0.6) is 0 Å². The lowest BCUT2D eigenvalue weighted by atomic mass is 9.79. The maximum absolute atomic E-state index is 9.69. The highest BCUT2D eigenvalue weighted by Gasteiger charge is 2.40. The van der Waals surface area contributed by atoms with E-state index in [1.54, 1.807) is 0 Å². The maximum atomic E-state index is 9.69. The Bertz CT molecular complexity index is 262. The summed E-state index contributed by atoms with van der Waals surface area (Å²) in [5.74, 6) is 0. The first-order chi connectivity index (χ1) is 8.51. The van der Waals surface area contributed by atoms with Gasteiger partial charge in [0.1, 0.15) is 0 Å². The van der Waals surface area contributed by atoms with E-state index in [2.05, 4.69) is 37.9 Å². The molecule has 2 atom stereocenters. The molecule has 19 heavy (non-hydrogen) atoms. The number of nitrogens with zero attached hydrogens (tertiary/aromatic N) is 1. The summed E-state index contributed by atoms with van der Waals surface area (Å²) in [6.07, 6.45) is 1.35. The molecule has 1 fully saturated rings. The Kier molecular flexibility index (Phi) is 5.41. The Morgan fingerprint density at radius 3 is 1.68 bits per heavy atom. The summed E-state index contributed by atoms with van der Waals surface area (Å²) >= 11 is 0. The SMILES string of the molecule is CC(O)CN(CC(C)O)C1CC(C)(C)NC(C)(C)C1. The Balaban J connectivity index is 2.81. The molecular weight excluding hydrogens is 240 g/mol. The Labute approximate surface area is 118 Å². The molecule has 3 N–H and O–H groups in total. The molecule has 0 amide bonds. The molecular formula is C15H32N2O2. The molecule has 114 valence electrons. The van der Waals surface area contributed by atoms with Crippen LogP contribution in [0.3, 0.4) is 0 Å². The van der Waals surface area contributed by atoms with E-state index in [-0.39, 0.29) is 23.3 Å². The lowest BCUT2D eigenvalue weighted by Gasteiger charge is -2.50. The van der Waals surface area contributed by atoms with Crippen molar-refractivity contribution in [2.45, 2.75) is 83.7 Å². The first-order valence-electron chi connectivity index (χ1n) is 7.40. The van der Waals surface area contributed by atoms with Crippen LogP contribution < -0.4 is 5.32 Å². The van der Waals surface area contributed by atoms with E-state index in [1.807, 2.05) is 13.8 Å². The molecule has 1 aliphatic rings. The second kappa shape index (κ2) is 6.08. The van der Waals surface area contributed by atoms with Crippen LogP contribution in [-0.2, 0) is 0 Å². The molecule has 0 aliphatic carbocycles. The van der Waals surface area contributed by atoms with E-state index in [0.717, 1.165) is 12.8 Å². The molecule has 0 saturated carbocycles. The fourth-order valence-corrected chi connectivity index (χ4v) is 3.58. The van der Waals surface area contributed by atoms with Gasteiger partial charge in [-0.1, -0.05) is 0 Å². The quantitative estimate of drug-likeness (QED) is 0.707. The van der Waals surface area contributed by atoms with Crippen LogP contribution in [0.4, 0.5) is 0 Å². The van der Waals surface area contributed by atoms with Gasteiger partial charge in [0, 0.05) is 30.2 Å². The summed E-state index contributed by atoms with van der Waals surface area (Å²) < 4.78 is 0. The molecule has 0 aromatic rings. The van der Waals surface area contributed by atoms with Crippen LogP contribution in [0, 0.1) is 0 Å². The van der Waals surface area contributed by atoms with Gasteiger partial charge in [-0.2, -0.15) is 0 Å². The number of hydrogen-bond donors (Lipinski definition) is 3. The highest BCUT2D eigenvalue weighted by molar-refractivity contribution is 5.00. The van der Waals surface area contributed by atoms with Crippen molar-refractivity contribution in [1.82, 2.24) is 10.2 Å². The maximum Gasteiger partial charge on any atom is 0.0639 e. The molecule has 1 heterocycles. The monoisotopic (exact) mass is 272 g/mol. The van der Waals surface area contributed by atoms with Crippen molar-refractivity contribution in [2.75, 3.05) is 13.1 Å². The van der Waals surface area contributed by atoms with Gasteiger partial charge in [-0.3, -0.25) is 4.90 Å². The van der Waals surface area contributed by atoms with Crippen molar-refractivity contribution < 1.29 is 10.2 Å². The van der Waals surface area contributed by atoms with E-state index in [4.69, 9.17) is 0 Å². The van der Waals surface area contributed by atoms with E-state index < -0.39 is 0 Å². The summed E-state index contributed by atoms with van der Waals surface area (Å²) in [4.78, 5) is 2.25. The highest BCUT2D eigenvalue weighted by Crippen LogP contribution is 2.31. The molecule has 1 saturated heterocycles. The number of hydrogen-bond acceptors (Lipinski definition) is 4. The van der Waals surface area contributed by atoms with E-state index >= 15 is 0 Å². The van der Waals surface area contributed by atoms with Crippen molar-refractivity contribution in [2.24, 2.45) is 0 Å². The van der Waals surface area contributed by atoms with Crippen LogP contribution in [-0.4, -0.2) is 57.5 Å². The average Bonchev–Trinajstić information content (AvgIpc) is 2.09. The topological polar surface area (TPSA) is 55.7 Å². The zero-order chi connectivity index (χ0) is 14.8. The van der Waals surface area contributed by atoms with Gasteiger partial charge in [0.05, 0.1) is 12.2 Å². The summed E-state index contributed by atoms with van der Waals surface area (Å²) in [6, 6.07) is 0.399. The summed E-state index contributed by atoms with van der Waals surface area (Å²) in [6.45, 7) is 13.8. The molecule has 0 bridgehead atoms. The van der Waals surface area contributed by atoms with Crippen molar-refractivity contribution in [3.63, 3.8) is 0 Å². The Hall–Kier alpha value is -0.160. The molecule has 4 heteroatoms. The van der Waals surface area contributed by atoms with Crippen molar-refractivity contribution >= 4 is 0 Å². The molecule has 1 rings (SSSR count). The minimum atomic E-state index is -0.361. The van der Waals surface area contributed by atoms with Gasteiger partial charge in [0.25, 0.3) is 0 Å². The molecule has 0 radical (unpaired) electrons. The predicted molar refractivity (Wildman–Crippen MR) is 79.3 cm³/mol. The summed E-state index contributed by atoms with van der Waals surface area (Å²) in [7, 11) is 0. The number of rotatable bonds is 5. The largest absolute Gasteiger partial charge is 0.392 e. The van der Waals surface area contributed by atoms with Gasteiger partial charge < -0.3 is 15.5 Å². The fourth-order valence-electron chi connectivity index (χ4n) is 3.58. The lowest BCUT2D eigenvalue weighted by molar-refractivity contribution is 0.0127. The van der Waals surface area contributed by atoms with Crippen LogP contribution in [0.25, 0.3) is 0 Å². The minimum Gasteiger partial charge on any atom is -0.392 e. The van der Waals surface area contributed by atoms with Crippen LogP contribution in [0.1, 0.15) is 54.4 Å². The Morgan fingerprint density at radius 1 is 1.00 bits per heavy atom. The molecule has 4 nitrogen and oxygen atoms in total. The first-order valence-corrected chi connectivity index (χ1v) is 7.40. The standard InChI is InChI=1S/C15H32N2O2/c1-11(18)9-17(10-12(2)19)13-7-14(3,4)16-15(5,6)8-13/h11-13,16,18-19H,7-10H2,1-6H3. The van der Waals surface area contributed by atoms with Gasteiger partial charge in [0.15, 0.2) is 0 Å². The van der Waals surface area contributed by atoms with Gasteiger partial charge in [0.2, 0.25) is 0 Å². The van der Waals surface area contributed by atoms with E-state index in [9.17, 15) is 10.2 Å². The second-order valence-corrected chi connectivity index (χ2v) is 7.61. The molecule has 0 aromatic carbocycles. The molecule has 2 unspecified atom stereocenters. The number of piperidine rings is 1. The van der Waals surface area contributed by atoms with Crippen molar-refractivity contribution in [3.05, 3.63) is 0 Å². The van der Waals surface area contributed by atoms with Gasteiger partial charge in [-0.25, -0.2) is 0 Å². The third-order valence-electron chi connectivity index (χ3n) is 3.68. The smallest absolute Gasteiger partial charge is 0.0639 e. The minimum absolute atomic E-state index is 0.0854. The highest BCUT2D eigenvalue weighted by atomic mass is 16.3. The van der Waals surface area contributed by atoms with Crippen LogP contribution >= 0.6 is 0 Å².